The van der Waals surface area contributed by atoms with Crippen LogP contribution in [0.25, 0.3) is 11.2 Å². The number of nitrogen functional groups attached to an aromatic ring is 1. The molecule has 1 aliphatic rings. The first-order valence-electron chi connectivity index (χ1n) is 8.22. The lowest BCUT2D eigenvalue weighted by molar-refractivity contribution is -0.128. The standard InChI is InChI=1S/C15H22FN6O3P/c1-4-9(2)21-26(3,23)8-24-11-5-10(16)15(25-11)22-7-20-12-13(17)18-6-19-14(12)22/h5-7,9,11,15H,4,8H2,1-3H3,(H,21,23)(H2,17,18,19)/t9-,11?,15+,26+/m0/s1. The number of ether oxygens (including phenoxy) is 2. The number of imidazole rings is 1. The van der Waals surface area contributed by atoms with Gasteiger partial charge in [-0.3, -0.25) is 9.65 Å². The van der Waals surface area contributed by atoms with Crippen LogP contribution < -0.4 is 10.8 Å². The van der Waals surface area contributed by atoms with E-state index < -0.39 is 25.6 Å². The number of halogens is 1. The predicted molar refractivity (Wildman–Crippen MR) is 95.2 cm³/mol. The molecule has 3 N–H and O–H groups in total. The third-order valence-corrected chi connectivity index (χ3v) is 5.65. The third kappa shape index (κ3) is 3.93. The lowest BCUT2D eigenvalue weighted by Crippen LogP contribution is -2.25. The van der Waals surface area contributed by atoms with Crippen molar-refractivity contribution in [3.8, 4) is 0 Å². The van der Waals surface area contributed by atoms with Gasteiger partial charge in [-0.2, -0.15) is 0 Å². The molecule has 0 aromatic carbocycles. The molecule has 2 aromatic heterocycles. The topological polar surface area (TPSA) is 117 Å². The molecule has 3 heterocycles. The van der Waals surface area contributed by atoms with Crippen molar-refractivity contribution in [3.05, 3.63) is 24.6 Å². The summed E-state index contributed by atoms with van der Waals surface area (Å²) >= 11 is 0. The van der Waals surface area contributed by atoms with Crippen molar-refractivity contribution in [1.82, 2.24) is 24.6 Å². The molecule has 26 heavy (non-hydrogen) atoms. The summed E-state index contributed by atoms with van der Waals surface area (Å²) in [6.45, 7) is 5.53. The molecular weight excluding hydrogens is 362 g/mol. The molecular formula is C15H22FN6O3P. The molecule has 11 heteroatoms. The molecule has 0 saturated heterocycles. The number of nitrogens with one attached hydrogen (secondary N) is 1. The maximum atomic E-state index is 14.4. The van der Waals surface area contributed by atoms with E-state index in [4.69, 9.17) is 15.2 Å². The Balaban J connectivity index is 1.68. The highest BCUT2D eigenvalue weighted by molar-refractivity contribution is 7.60. The first kappa shape index (κ1) is 18.9. The summed E-state index contributed by atoms with van der Waals surface area (Å²) in [5, 5.41) is 3.02. The number of nitrogens with zero attached hydrogens (tertiary/aromatic N) is 4. The van der Waals surface area contributed by atoms with Gasteiger partial charge in [-0.25, -0.2) is 19.3 Å². The van der Waals surface area contributed by atoms with Crippen LogP contribution in [0.15, 0.2) is 24.6 Å². The molecule has 4 atom stereocenters. The molecule has 0 fully saturated rings. The fourth-order valence-corrected chi connectivity index (χ4v) is 4.20. The predicted octanol–water partition coefficient (Wildman–Crippen LogP) is 2.39. The highest BCUT2D eigenvalue weighted by atomic mass is 31.2. The van der Waals surface area contributed by atoms with E-state index in [1.807, 2.05) is 13.8 Å². The summed E-state index contributed by atoms with van der Waals surface area (Å²) in [5.41, 5.74) is 6.46. The number of nitrogens with two attached hydrogens (primary N) is 1. The van der Waals surface area contributed by atoms with Crippen LogP contribution in [-0.2, 0) is 14.0 Å². The summed E-state index contributed by atoms with van der Waals surface area (Å²) in [6, 6.07) is 0.0985. The van der Waals surface area contributed by atoms with Gasteiger partial charge in [-0.15, -0.1) is 0 Å². The number of hydrogen-bond donors (Lipinski definition) is 2. The van der Waals surface area contributed by atoms with Crippen molar-refractivity contribution < 1.29 is 18.4 Å². The van der Waals surface area contributed by atoms with E-state index >= 15 is 0 Å². The molecule has 142 valence electrons. The van der Waals surface area contributed by atoms with E-state index in [0.29, 0.717) is 11.2 Å². The number of fused-ring (bicyclic) bond motifs is 1. The number of anilines is 1. The van der Waals surface area contributed by atoms with Gasteiger partial charge in [0.15, 0.2) is 37.1 Å². The third-order valence-electron chi connectivity index (χ3n) is 4.02. The van der Waals surface area contributed by atoms with Crippen molar-refractivity contribution in [2.75, 3.05) is 18.7 Å². The van der Waals surface area contributed by atoms with Gasteiger partial charge >= 0.3 is 0 Å². The van der Waals surface area contributed by atoms with Crippen molar-refractivity contribution in [2.45, 2.75) is 38.8 Å². The largest absolute Gasteiger partial charge is 0.382 e. The van der Waals surface area contributed by atoms with Gasteiger partial charge < -0.3 is 19.8 Å². The van der Waals surface area contributed by atoms with Crippen molar-refractivity contribution in [1.29, 1.82) is 0 Å². The maximum Gasteiger partial charge on any atom is 0.192 e. The summed E-state index contributed by atoms with van der Waals surface area (Å²) < 4.78 is 39.3. The van der Waals surface area contributed by atoms with Crippen LogP contribution >= 0.6 is 7.29 Å². The smallest absolute Gasteiger partial charge is 0.192 e. The highest BCUT2D eigenvalue weighted by Crippen LogP contribution is 2.39. The molecule has 1 aliphatic heterocycles. The fourth-order valence-electron chi connectivity index (χ4n) is 2.58. The molecule has 3 rings (SSSR count). The van der Waals surface area contributed by atoms with E-state index in [-0.39, 0.29) is 18.2 Å². The summed E-state index contributed by atoms with van der Waals surface area (Å²) in [7, 11) is -2.72. The second-order valence-corrected chi connectivity index (χ2v) is 9.04. The molecule has 0 spiro atoms. The van der Waals surface area contributed by atoms with E-state index in [1.54, 1.807) is 6.66 Å². The summed E-state index contributed by atoms with van der Waals surface area (Å²) in [5.74, 6) is -0.348. The van der Waals surface area contributed by atoms with Gasteiger partial charge in [0, 0.05) is 18.8 Å². The number of hydrogen-bond acceptors (Lipinski definition) is 7. The van der Waals surface area contributed by atoms with E-state index in [9.17, 15) is 8.96 Å². The van der Waals surface area contributed by atoms with E-state index in [1.165, 1.54) is 23.3 Å². The van der Waals surface area contributed by atoms with Crippen LogP contribution in [-0.4, -0.2) is 44.9 Å². The quantitative estimate of drug-likeness (QED) is 0.699. The van der Waals surface area contributed by atoms with Gasteiger partial charge in [-0.1, -0.05) is 6.92 Å². The van der Waals surface area contributed by atoms with Gasteiger partial charge in [-0.05, 0) is 13.3 Å². The first-order valence-corrected chi connectivity index (χ1v) is 10.6. The Labute approximate surface area is 150 Å². The van der Waals surface area contributed by atoms with Crippen LogP contribution in [0, 0.1) is 0 Å². The van der Waals surface area contributed by atoms with Crippen molar-refractivity contribution in [3.63, 3.8) is 0 Å². The SMILES string of the molecule is CC[C@H](C)N[P@](C)(=O)COC1C=C(F)[C@H](n2cnc3c(N)ncnc32)O1. The van der Waals surface area contributed by atoms with Gasteiger partial charge in [0.25, 0.3) is 0 Å². The molecule has 0 saturated carbocycles. The zero-order valence-corrected chi connectivity index (χ0v) is 15.7. The Bertz CT molecular complexity index is 872. The van der Waals surface area contributed by atoms with Crippen LogP contribution in [0.2, 0.25) is 0 Å². The van der Waals surface area contributed by atoms with Crippen LogP contribution in [0.3, 0.4) is 0 Å². The Morgan fingerprint density at radius 3 is 3.00 bits per heavy atom. The molecule has 1 unspecified atom stereocenters. The monoisotopic (exact) mass is 384 g/mol. The summed E-state index contributed by atoms with van der Waals surface area (Å²) in [4.78, 5) is 12.0. The molecule has 9 nitrogen and oxygen atoms in total. The van der Waals surface area contributed by atoms with E-state index in [2.05, 4.69) is 20.0 Å². The second-order valence-electron chi connectivity index (χ2n) is 6.33. The van der Waals surface area contributed by atoms with Gasteiger partial charge in [0.1, 0.15) is 18.2 Å². The molecule has 0 radical (unpaired) electrons. The fraction of sp³-hybridized carbons (Fsp3) is 0.533. The minimum absolute atomic E-state index is 0.0711. The number of rotatable bonds is 7. The maximum absolute atomic E-state index is 14.4. The van der Waals surface area contributed by atoms with Crippen LogP contribution in [0.4, 0.5) is 10.2 Å². The zero-order valence-electron chi connectivity index (χ0n) is 14.8. The number of aromatic nitrogens is 4. The minimum Gasteiger partial charge on any atom is -0.382 e. The Kier molecular flexibility index (Phi) is 5.38. The first-order chi connectivity index (χ1) is 12.3. The Hall–Kier alpha value is -1.87. The van der Waals surface area contributed by atoms with Gasteiger partial charge in [0.05, 0.1) is 6.33 Å². The molecule has 0 bridgehead atoms. The normalized spacial score (nSPS) is 23.8. The zero-order chi connectivity index (χ0) is 18.9. The molecule has 0 aliphatic carbocycles. The lowest BCUT2D eigenvalue weighted by atomic mass is 10.3. The second kappa shape index (κ2) is 7.40. The van der Waals surface area contributed by atoms with Crippen molar-refractivity contribution in [2.24, 2.45) is 0 Å². The van der Waals surface area contributed by atoms with Crippen molar-refractivity contribution >= 4 is 24.3 Å². The van der Waals surface area contributed by atoms with Crippen LogP contribution in [0.1, 0.15) is 26.5 Å². The average molecular weight is 384 g/mol. The molecule has 2 aromatic rings. The Morgan fingerprint density at radius 1 is 1.50 bits per heavy atom. The summed E-state index contributed by atoms with van der Waals surface area (Å²) in [6.07, 6.45) is 2.59. The molecule has 0 amide bonds. The minimum atomic E-state index is -2.72. The van der Waals surface area contributed by atoms with Gasteiger partial charge in [0.2, 0.25) is 0 Å². The lowest BCUT2D eigenvalue weighted by Gasteiger charge is -2.21. The van der Waals surface area contributed by atoms with E-state index in [0.717, 1.165) is 6.42 Å². The average Bonchev–Trinajstić information content (AvgIpc) is 3.16. The highest BCUT2D eigenvalue weighted by Gasteiger charge is 2.32. The Morgan fingerprint density at radius 2 is 2.27 bits per heavy atom. The van der Waals surface area contributed by atoms with Crippen LogP contribution in [0.5, 0.6) is 0 Å².